The number of nitrogens with one attached hydrogen (secondary N) is 1. The van der Waals surface area contributed by atoms with Crippen LogP contribution in [0.1, 0.15) is 19.8 Å². The third-order valence-electron chi connectivity index (χ3n) is 3.03. The Morgan fingerprint density at radius 2 is 2.37 bits per heavy atom. The van der Waals surface area contributed by atoms with E-state index in [1.807, 2.05) is 0 Å². The summed E-state index contributed by atoms with van der Waals surface area (Å²) < 4.78 is 1.42. The van der Waals surface area contributed by atoms with Crippen molar-refractivity contribution in [3.8, 4) is 0 Å². The van der Waals surface area contributed by atoms with Gasteiger partial charge in [0.15, 0.2) is 0 Å². The summed E-state index contributed by atoms with van der Waals surface area (Å²) in [5.74, 6) is 0.0471. The average Bonchev–Trinajstić information content (AvgIpc) is 2.74. The van der Waals surface area contributed by atoms with Crippen LogP contribution in [0.15, 0.2) is 6.33 Å². The quantitative estimate of drug-likeness (QED) is 0.729. The molecule has 1 aromatic rings. The normalized spacial score (nSPS) is 19.2. The van der Waals surface area contributed by atoms with E-state index in [4.69, 9.17) is 5.73 Å². The highest BCUT2D eigenvalue weighted by molar-refractivity contribution is 5.76. The smallest absolute Gasteiger partial charge is 0.244 e. The second kappa shape index (κ2) is 5.68. The average molecular weight is 266 g/mol. The molecule has 8 nitrogen and oxygen atoms in total. The first-order valence-electron chi connectivity index (χ1n) is 6.24. The van der Waals surface area contributed by atoms with Crippen LogP contribution in [0.5, 0.6) is 0 Å². The minimum Gasteiger partial charge on any atom is -0.367 e. The molecule has 0 saturated carbocycles. The first kappa shape index (κ1) is 13.3. The van der Waals surface area contributed by atoms with Gasteiger partial charge in [-0.2, -0.15) is 0 Å². The zero-order valence-electron chi connectivity index (χ0n) is 10.9. The van der Waals surface area contributed by atoms with Crippen molar-refractivity contribution in [1.29, 1.82) is 0 Å². The van der Waals surface area contributed by atoms with Gasteiger partial charge < -0.3 is 16.0 Å². The van der Waals surface area contributed by atoms with Gasteiger partial charge >= 0.3 is 0 Å². The maximum atomic E-state index is 12.1. The number of aromatic nitrogens is 3. The molecule has 0 aromatic carbocycles. The molecule has 1 aliphatic heterocycles. The van der Waals surface area contributed by atoms with Crippen LogP contribution < -0.4 is 11.1 Å². The lowest BCUT2D eigenvalue weighted by Gasteiger charge is -2.33. The van der Waals surface area contributed by atoms with Gasteiger partial charge in [0.25, 0.3) is 0 Å². The predicted octanol–water partition coefficient (Wildman–Crippen LogP) is -1.01. The minimum atomic E-state index is -0.0663. The van der Waals surface area contributed by atoms with Gasteiger partial charge in [0.2, 0.25) is 17.8 Å². The van der Waals surface area contributed by atoms with Crippen molar-refractivity contribution in [2.24, 2.45) is 0 Å². The van der Waals surface area contributed by atoms with Crippen LogP contribution in [0.3, 0.4) is 0 Å². The van der Waals surface area contributed by atoms with Gasteiger partial charge in [-0.3, -0.25) is 9.59 Å². The molecule has 8 heteroatoms. The molecule has 2 rings (SSSR count). The van der Waals surface area contributed by atoms with Gasteiger partial charge in [-0.25, -0.2) is 9.67 Å². The fourth-order valence-electron chi connectivity index (χ4n) is 2.23. The maximum absolute atomic E-state index is 12.1. The zero-order chi connectivity index (χ0) is 13.8. The van der Waals surface area contributed by atoms with Crippen molar-refractivity contribution in [3.63, 3.8) is 0 Å². The fourth-order valence-corrected chi connectivity index (χ4v) is 2.23. The summed E-state index contributed by atoms with van der Waals surface area (Å²) in [4.78, 5) is 28.6. The number of likely N-dealkylation sites (tertiary alicyclic amines) is 1. The van der Waals surface area contributed by atoms with E-state index in [-0.39, 0.29) is 30.3 Å². The summed E-state index contributed by atoms with van der Waals surface area (Å²) in [7, 11) is 0. The number of nitrogens with zero attached hydrogens (tertiary/aromatic N) is 4. The zero-order valence-corrected chi connectivity index (χ0v) is 10.9. The van der Waals surface area contributed by atoms with E-state index in [9.17, 15) is 9.59 Å². The van der Waals surface area contributed by atoms with E-state index in [2.05, 4.69) is 15.4 Å². The van der Waals surface area contributed by atoms with Gasteiger partial charge in [-0.05, 0) is 12.8 Å². The summed E-state index contributed by atoms with van der Waals surface area (Å²) in [6.45, 7) is 2.86. The molecule has 1 fully saturated rings. The predicted molar refractivity (Wildman–Crippen MR) is 67.9 cm³/mol. The monoisotopic (exact) mass is 266 g/mol. The Morgan fingerprint density at radius 3 is 3.00 bits per heavy atom. The molecule has 2 heterocycles. The number of hydrogen-bond donors (Lipinski definition) is 2. The van der Waals surface area contributed by atoms with E-state index in [0.717, 1.165) is 12.8 Å². The summed E-state index contributed by atoms with van der Waals surface area (Å²) in [5, 5.41) is 6.73. The van der Waals surface area contributed by atoms with Crippen molar-refractivity contribution < 1.29 is 9.59 Å². The number of carbonyl (C=O) groups is 2. The highest BCUT2D eigenvalue weighted by Gasteiger charge is 2.24. The molecule has 0 spiro atoms. The van der Waals surface area contributed by atoms with Crippen molar-refractivity contribution in [2.75, 3.05) is 18.8 Å². The Labute approximate surface area is 111 Å². The number of anilines is 1. The molecule has 0 bridgehead atoms. The number of piperidine rings is 1. The number of nitrogens with two attached hydrogens (primary N) is 1. The third-order valence-corrected chi connectivity index (χ3v) is 3.03. The first-order valence-corrected chi connectivity index (χ1v) is 6.24. The molecule has 104 valence electrons. The van der Waals surface area contributed by atoms with Crippen molar-refractivity contribution >= 4 is 17.8 Å². The fraction of sp³-hybridized carbons (Fsp3) is 0.636. The van der Waals surface area contributed by atoms with E-state index in [1.54, 1.807) is 4.90 Å². The molecule has 0 aliphatic carbocycles. The summed E-state index contributed by atoms with van der Waals surface area (Å²) >= 11 is 0. The van der Waals surface area contributed by atoms with E-state index in [1.165, 1.54) is 17.9 Å². The molecule has 0 radical (unpaired) electrons. The standard InChI is InChI=1S/C11H18N6O2/c1-8(18)14-9-3-2-4-16(5-9)10(19)6-17-7-13-11(12)15-17/h7,9H,2-6H2,1H3,(H2,12,15)(H,14,18). The molecular formula is C11H18N6O2. The van der Waals surface area contributed by atoms with E-state index in [0.29, 0.717) is 13.1 Å². The van der Waals surface area contributed by atoms with Crippen LogP contribution in [0.25, 0.3) is 0 Å². The molecule has 2 amide bonds. The molecule has 1 aliphatic rings. The second-order valence-electron chi connectivity index (χ2n) is 4.68. The van der Waals surface area contributed by atoms with Gasteiger partial charge in [0, 0.05) is 26.1 Å². The Hall–Kier alpha value is -2.12. The van der Waals surface area contributed by atoms with Crippen molar-refractivity contribution in [3.05, 3.63) is 6.33 Å². The van der Waals surface area contributed by atoms with Crippen molar-refractivity contribution in [2.45, 2.75) is 32.4 Å². The van der Waals surface area contributed by atoms with E-state index < -0.39 is 0 Å². The SMILES string of the molecule is CC(=O)NC1CCCN(C(=O)Cn2cnc(N)n2)C1. The molecule has 19 heavy (non-hydrogen) atoms. The Kier molecular flexibility index (Phi) is 3.98. The number of hydrogen-bond acceptors (Lipinski definition) is 5. The van der Waals surface area contributed by atoms with Crippen LogP contribution in [-0.4, -0.2) is 50.6 Å². The summed E-state index contributed by atoms with van der Waals surface area (Å²) in [6.07, 6.45) is 3.22. The van der Waals surface area contributed by atoms with Crippen LogP contribution in [0.2, 0.25) is 0 Å². The highest BCUT2D eigenvalue weighted by Crippen LogP contribution is 2.10. The van der Waals surface area contributed by atoms with Crippen LogP contribution in [-0.2, 0) is 16.1 Å². The van der Waals surface area contributed by atoms with Gasteiger partial charge in [0.1, 0.15) is 12.9 Å². The molecule has 1 atom stereocenters. The topological polar surface area (TPSA) is 106 Å². The minimum absolute atomic E-state index is 0.0380. The molecule has 1 aromatic heterocycles. The summed E-state index contributed by atoms with van der Waals surface area (Å²) in [5.41, 5.74) is 5.39. The Morgan fingerprint density at radius 1 is 1.58 bits per heavy atom. The summed E-state index contributed by atoms with van der Waals surface area (Å²) in [6, 6.07) is 0.0380. The van der Waals surface area contributed by atoms with Crippen LogP contribution in [0, 0.1) is 0 Å². The number of nitrogen functional groups attached to an aromatic ring is 1. The molecule has 3 N–H and O–H groups in total. The lowest BCUT2D eigenvalue weighted by Crippen LogP contribution is -2.49. The van der Waals surface area contributed by atoms with E-state index >= 15 is 0 Å². The first-order chi connectivity index (χ1) is 9.04. The van der Waals surface area contributed by atoms with Crippen molar-refractivity contribution in [1.82, 2.24) is 25.0 Å². The molecule has 1 unspecified atom stereocenters. The lowest BCUT2D eigenvalue weighted by molar-refractivity contribution is -0.134. The largest absolute Gasteiger partial charge is 0.367 e. The Bertz CT molecular complexity index is 472. The molecular weight excluding hydrogens is 248 g/mol. The lowest BCUT2D eigenvalue weighted by atomic mass is 10.1. The van der Waals surface area contributed by atoms with Gasteiger partial charge in [0.05, 0.1) is 0 Å². The highest BCUT2D eigenvalue weighted by atomic mass is 16.2. The van der Waals surface area contributed by atoms with Crippen LogP contribution in [0.4, 0.5) is 5.95 Å². The van der Waals surface area contributed by atoms with Crippen LogP contribution >= 0.6 is 0 Å². The number of carbonyl (C=O) groups excluding carboxylic acids is 2. The number of rotatable bonds is 3. The molecule has 1 saturated heterocycles. The Balaban J connectivity index is 1.89. The third kappa shape index (κ3) is 3.67. The maximum Gasteiger partial charge on any atom is 0.244 e. The second-order valence-corrected chi connectivity index (χ2v) is 4.68. The number of amides is 2. The van der Waals surface area contributed by atoms with Gasteiger partial charge in [-0.15, -0.1) is 5.10 Å². The van der Waals surface area contributed by atoms with Gasteiger partial charge in [-0.1, -0.05) is 0 Å².